The average molecular weight is 832 g/mol. The van der Waals surface area contributed by atoms with Crippen LogP contribution in [0.2, 0.25) is 19.6 Å². The van der Waals surface area contributed by atoms with Crippen LogP contribution < -0.4 is 5.19 Å². The van der Waals surface area contributed by atoms with Crippen molar-refractivity contribution in [3.8, 4) is 33.6 Å². The Bertz CT molecular complexity index is 2390. The first-order chi connectivity index (χ1) is 24.8. The average Bonchev–Trinajstić information content (AvgIpc) is 3.49. The second-order valence-corrected chi connectivity index (χ2v) is 18.7. The molecule has 4 aromatic carbocycles. The monoisotopic (exact) mass is 832 g/mol. The molecule has 0 fully saturated rings. The number of benzene rings is 4. The van der Waals surface area contributed by atoms with Gasteiger partial charge in [-0.25, -0.2) is 0 Å². The third-order valence-corrected chi connectivity index (χ3v) is 11.1. The summed E-state index contributed by atoms with van der Waals surface area (Å²) < 4.78 is 56.1. The van der Waals surface area contributed by atoms with E-state index in [9.17, 15) is 0 Å². The maximum Gasteiger partial charge on any atom is 0.0799 e. The number of hydrogen-bond donors (Lipinski definition) is 0. The van der Waals surface area contributed by atoms with Crippen LogP contribution in [-0.2, 0) is 20.1 Å². The molecule has 5 heteroatoms. The quantitative estimate of drug-likeness (QED) is 0.128. The van der Waals surface area contributed by atoms with E-state index in [-0.39, 0.29) is 25.7 Å². The molecule has 0 unspecified atom stereocenters. The summed E-state index contributed by atoms with van der Waals surface area (Å²) in [6.45, 7) is 6.23. The molecule has 0 aliphatic carbocycles. The van der Waals surface area contributed by atoms with E-state index in [4.69, 9.17) is 9.60 Å². The topological polar surface area (TPSA) is 25.8 Å². The first-order valence-corrected chi connectivity index (χ1v) is 19.6. The summed E-state index contributed by atoms with van der Waals surface area (Å²) in [6, 6.07) is 37.1. The van der Waals surface area contributed by atoms with Gasteiger partial charge < -0.3 is 9.97 Å². The van der Waals surface area contributed by atoms with Gasteiger partial charge in [0.15, 0.2) is 0 Å². The summed E-state index contributed by atoms with van der Waals surface area (Å²) >= 11 is 1.69. The number of nitrogens with zero attached hydrogens (tertiary/aromatic N) is 2. The zero-order chi connectivity index (χ0) is 38.3. The molecule has 0 spiro atoms. The number of aromatic nitrogens is 2. The Morgan fingerprint density at radius 2 is 1.60 bits per heavy atom. The first-order valence-electron chi connectivity index (χ1n) is 18.7. The largest absolute Gasteiger partial charge is 0.305 e. The Morgan fingerprint density at radius 3 is 2.30 bits per heavy atom. The number of hydrogen-bond acceptors (Lipinski definition) is 3. The van der Waals surface area contributed by atoms with Gasteiger partial charge in [-0.2, -0.15) is 11.3 Å². The van der Waals surface area contributed by atoms with Crippen molar-refractivity contribution in [1.82, 2.24) is 9.97 Å². The number of pyridine rings is 2. The van der Waals surface area contributed by atoms with Gasteiger partial charge in [-0.1, -0.05) is 111 Å². The third-order valence-electron chi connectivity index (χ3n) is 7.90. The van der Waals surface area contributed by atoms with Crippen LogP contribution in [-0.4, -0.2) is 18.0 Å². The predicted octanol–water partition coefficient (Wildman–Crippen LogP) is 11.4. The van der Waals surface area contributed by atoms with Gasteiger partial charge in [-0.3, -0.25) is 0 Å². The van der Waals surface area contributed by atoms with E-state index in [2.05, 4.69) is 78.1 Å². The van der Waals surface area contributed by atoms with Crippen molar-refractivity contribution in [3.63, 3.8) is 0 Å². The maximum absolute atomic E-state index is 8.48. The molecule has 0 N–H and O–H groups in total. The molecule has 1 radical (unpaired) electrons. The fourth-order valence-electron chi connectivity index (χ4n) is 5.51. The molecule has 0 amide bonds. The van der Waals surface area contributed by atoms with E-state index in [0.29, 0.717) is 11.3 Å². The first kappa shape index (κ1) is 26.2. The molecule has 3 aromatic heterocycles. The predicted molar refractivity (Wildman–Crippen MR) is 202 cm³/mol. The minimum absolute atomic E-state index is 0. The Labute approximate surface area is 308 Å². The summed E-state index contributed by atoms with van der Waals surface area (Å²) in [5, 5.41) is 3.51. The molecule has 3 heterocycles. The Balaban J connectivity index is 0.000000208. The summed E-state index contributed by atoms with van der Waals surface area (Å²) in [4.78, 5) is 8.99. The number of fused-ring (bicyclic) bond motifs is 3. The molecule has 0 aliphatic rings. The van der Waals surface area contributed by atoms with Crippen molar-refractivity contribution in [2.75, 3.05) is 0 Å². The molecule has 0 aliphatic heterocycles. The SMILES string of the molecule is [2H]C([2H])([2H])c1c[c-]c(-c2cc(C([2H])(C)C)c([Si](C)(C)C)cn2)cc1.[2H]C([2H])([2H])c1ccnc(-c2[c-]ccc3c2sc2cc(-c4ccccc4)ccc23)c1.[Ir]. The van der Waals surface area contributed by atoms with Crippen LogP contribution in [0.25, 0.3) is 53.8 Å². The number of aryl methyl sites for hydroxylation is 2. The Kier molecular flexibility index (Phi) is 8.14. The van der Waals surface area contributed by atoms with Crippen LogP contribution >= 0.6 is 11.3 Å². The van der Waals surface area contributed by atoms with Crippen LogP contribution in [0.3, 0.4) is 0 Å². The zero-order valence-corrected chi connectivity index (χ0v) is 31.2. The van der Waals surface area contributed by atoms with Crippen LogP contribution in [0, 0.1) is 25.8 Å². The summed E-state index contributed by atoms with van der Waals surface area (Å²) in [5.41, 5.74) is 6.87. The molecular formula is C42H40IrN2SSi-2. The number of thiophene rings is 1. The van der Waals surface area contributed by atoms with Gasteiger partial charge in [0.2, 0.25) is 0 Å². The minimum atomic E-state index is -2.16. The Morgan fingerprint density at radius 1 is 0.787 bits per heavy atom. The van der Waals surface area contributed by atoms with Crippen molar-refractivity contribution in [1.29, 1.82) is 0 Å². The molecule has 0 saturated carbocycles. The van der Waals surface area contributed by atoms with Gasteiger partial charge in [0.05, 0.1) is 8.07 Å². The molecule has 0 saturated heterocycles. The van der Waals surface area contributed by atoms with Crippen LogP contribution in [0.5, 0.6) is 0 Å². The van der Waals surface area contributed by atoms with Crippen LogP contribution in [0.1, 0.15) is 46.0 Å². The maximum atomic E-state index is 8.48. The fourth-order valence-corrected chi connectivity index (χ4v) is 8.34. The molecular weight excluding hydrogens is 785 g/mol. The minimum Gasteiger partial charge on any atom is -0.305 e. The van der Waals surface area contributed by atoms with E-state index >= 15 is 0 Å². The van der Waals surface area contributed by atoms with E-state index < -0.39 is 27.7 Å². The molecule has 7 aromatic rings. The Hall–Kier alpha value is -3.73. The fraction of sp³-hybridized carbons (Fsp3) is 0.190. The van der Waals surface area contributed by atoms with Gasteiger partial charge in [-0.05, 0) is 62.7 Å². The van der Waals surface area contributed by atoms with Crippen molar-refractivity contribution >= 4 is 44.8 Å². The van der Waals surface area contributed by atoms with Gasteiger partial charge in [0, 0.05) is 46.8 Å². The normalized spacial score (nSPS) is 14.3. The molecule has 0 bridgehead atoms. The van der Waals surface area contributed by atoms with E-state index in [0.717, 1.165) is 32.5 Å². The molecule has 47 heavy (non-hydrogen) atoms. The zero-order valence-electron chi connectivity index (χ0n) is 34.0. The van der Waals surface area contributed by atoms with Crippen LogP contribution in [0.15, 0.2) is 109 Å². The molecule has 239 valence electrons. The summed E-state index contributed by atoms with van der Waals surface area (Å²) in [7, 11) is -1.61. The van der Waals surface area contributed by atoms with Gasteiger partial charge in [0.1, 0.15) is 0 Å². The molecule has 2 nitrogen and oxygen atoms in total. The van der Waals surface area contributed by atoms with Crippen molar-refractivity contribution in [2.45, 2.75) is 53.1 Å². The van der Waals surface area contributed by atoms with E-state index in [1.807, 2.05) is 50.4 Å². The van der Waals surface area contributed by atoms with E-state index in [1.54, 1.807) is 41.8 Å². The molecule has 0 atom stereocenters. The van der Waals surface area contributed by atoms with Crippen LogP contribution in [0.4, 0.5) is 0 Å². The molecule has 7 rings (SSSR count). The van der Waals surface area contributed by atoms with Gasteiger partial charge >= 0.3 is 0 Å². The van der Waals surface area contributed by atoms with Gasteiger partial charge in [0.25, 0.3) is 0 Å². The smallest absolute Gasteiger partial charge is 0.0799 e. The third kappa shape index (κ3) is 7.71. The second-order valence-electron chi connectivity index (χ2n) is 12.6. The summed E-state index contributed by atoms with van der Waals surface area (Å²) in [6.07, 6.45) is 3.45. The summed E-state index contributed by atoms with van der Waals surface area (Å²) in [5.74, 6) is -0.716. The number of rotatable bonds is 5. The second kappa shape index (κ2) is 14.6. The van der Waals surface area contributed by atoms with E-state index in [1.165, 1.54) is 32.5 Å². The standard InChI is InChI=1S/C24H16NS.C18H24NSi.Ir/c1-16-12-13-25-22(14-16)21-9-5-8-20-19-11-10-18(15-23(19)26-24(20)21)17-6-3-2-4-7-17;1-13(2)16-11-17(15-9-7-14(3)8-10-15)19-12-18(16)20(4,5)6;/h2-8,10-15H,1H3;7-9,11-13H,1-6H3;/q2*-1;/i1D3;3D3,13D;. The van der Waals surface area contributed by atoms with Crippen molar-refractivity contribution in [2.24, 2.45) is 0 Å². The van der Waals surface area contributed by atoms with Crippen molar-refractivity contribution in [3.05, 3.63) is 138 Å². The van der Waals surface area contributed by atoms with Crippen molar-refractivity contribution < 1.29 is 29.7 Å². The van der Waals surface area contributed by atoms with Gasteiger partial charge in [-0.15, -0.1) is 59.2 Å².